The van der Waals surface area contributed by atoms with Gasteiger partial charge in [-0.2, -0.15) is 23.3 Å². The molecule has 0 N–H and O–H groups in total. The lowest BCUT2D eigenvalue weighted by Gasteiger charge is -2.37. The highest BCUT2D eigenvalue weighted by Gasteiger charge is 2.49. The van der Waals surface area contributed by atoms with Crippen LogP contribution in [0.5, 0.6) is 0 Å². The number of ether oxygens (including phenoxy) is 1. The van der Waals surface area contributed by atoms with E-state index in [1.165, 1.54) is 0 Å². The van der Waals surface area contributed by atoms with Crippen LogP contribution in [0.2, 0.25) is 0 Å². The van der Waals surface area contributed by atoms with Crippen LogP contribution in [0.25, 0.3) is 11.0 Å². The number of anilines is 1. The van der Waals surface area contributed by atoms with Crippen LogP contribution < -0.4 is 4.90 Å². The van der Waals surface area contributed by atoms with Gasteiger partial charge in [-0.15, -0.1) is 0 Å². The van der Waals surface area contributed by atoms with Gasteiger partial charge in [0.25, 0.3) is 0 Å². The zero-order chi connectivity index (χ0) is 23.6. The number of morpholine rings is 1. The molecule has 180 valence electrons. The van der Waals surface area contributed by atoms with Crippen LogP contribution in [-0.2, 0) is 4.74 Å². The second-order valence-electron chi connectivity index (χ2n) is 9.87. The highest BCUT2D eigenvalue weighted by molar-refractivity contribution is 5.80. The van der Waals surface area contributed by atoms with Crippen LogP contribution in [0.4, 0.5) is 19.1 Å². The number of aryl methyl sites for hydroxylation is 2. The first-order valence-electron chi connectivity index (χ1n) is 11.9. The summed E-state index contributed by atoms with van der Waals surface area (Å²) in [5, 5.41) is 5.24. The Kier molecular flexibility index (Phi) is 5.05. The maximum Gasteiger partial charge on any atom is 0.391 e. The van der Waals surface area contributed by atoms with Gasteiger partial charge in [0.1, 0.15) is 6.10 Å². The number of nitrogens with zero attached hydrogens (tertiary/aromatic N) is 6. The lowest BCUT2D eigenvalue weighted by Crippen LogP contribution is -2.40. The Labute approximate surface area is 195 Å². The zero-order valence-corrected chi connectivity index (χ0v) is 19.2. The van der Waals surface area contributed by atoms with Crippen molar-refractivity contribution in [1.82, 2.24) is 24.7 Å². The van der Waals surface area contributed by atoms with Crippen molar-refractivity contribution in [3.8, 4) is 0 Å². The summed E-state index contributed by atoms with van der Waals surface area (Å²) in [6.45, 7) is 5.55. The number of aromatic nitrogens is 5. The summed E-state index contributed by atoms with van der Waals surface area (Å²) in [7, 11) is 0. The zero-order valence-electron chi connectivity index (χ0n) is 19.2. The van der Waals surface area contributed by atoms with Crippen molar-refractivity contribution in [2.75, 3.05) is 24.6 Å². The van der Waals surface area contributed by atoms with Gasteiger partial charge in [0.05, 0.1) is 37.0 Å². The maximum atomic E-state index is 13.2. The van der Waals surface area contributed by atoms with Crippen LogP contribution in [0, 0.1) is 19.8 Å². The number of halogens is 3. The minimum atomic E-state index is -4.16. The molecule has 0 bridgehead atoms. The van der Waals surface area contributed by atoms with Crippen molar-refractivity contribution in [2.45, 2.75) is 63.8 Å². The van der Waals surface area contributed by atoms with Gasteiger partial charge >= 0.3 is 6.18 Å². The normalized spacial score (nSPS) is 25.6. The van der Waals surface area contributed by atoms with E-state index < -0.39 is 12.1 Å². The molecule has 3 aliphatic rings. The minimum absolute atomic E-state index is 0.0636. The highest BCUT2D eigenvalue weighted by Crippen LogP contribution is 2.50. The first-order chi connectivity index (χ1) is 16.3. The molecule has 1 atom stereocenters. The Morgan fingerprint density at radius 1 is 1.09 bits per heavy atom. The molecule has 0 spiro atoms. The Bertz CT molecular complexity index is 1230. The van der Waals surface area contributed by atoms with E-state index in [4.69, 9.17) is 14.7 Å². The molecule has 3 fully saturated rings. The largest absolute Gasteiger partial charge is 0.391 e. The molecule has 4 heterocycles. The number of fused-ring (bicyclic) bond motifs is 1. The molecule has 7 nitrogen and oxygen atoms in total. The monoisotopic (exact) mass is 472 g/mol. The Morgan fingerprint density at radius 3 is 2.62 bits per heavy atom. The predicted molar refractivity (Wildman–Crippen MR) is 120 cm³/mol. The van der Waals surface area contributed by atoms with Gasteiger partial charge in [0.15, 0.2) is 5.65 Å². The standard InChI is InChI=1S/C24H27F3N6O/c1-13-7-19-21(15-8-17(9-15)24(25,26)27)30-23(31-22(19)29-14(13)2)32-5-6-34-20(12-32)16-10-28-33(11-16)18-3-4-18/h7,10-11,15,17-18,20H,3-6,8-9,12H2,1-2H3/t15?,17?,20-/m0/s1. The van der Waals surface area contributed by atoms with Crippen molar-refractivity contribution < 1.29 is 17.9 Å². The van der Waals surface area contributed by atoms with Crippen molar-refractivity contribution in [1.29, 1.82) is 0 Å². The van der Waals surface area contributed by atoms with E-state index in [1.54, 1.807) is 0 Å². The molecular formula is C24H27F3N6O. The fourth-order valence-electron chi connectivity index (χ4n) is 4.91. The molecule has 6 rings (SSSR count). The Balaban J connectivity index is 1.32. The van der Waals surface area contributed by atoms with E-state index in [0.717, 1.165) is 35.0 Å². The molecule has 0 radical (unpaired) electrons. The van der Waals surface area contributed by atoms with E-state index in [1.807, 2.05) is 30.8 Å². The lowest BCUT2D eigenvalue weighted by atomic mass is 9.72. The molecule has 1 aliphatic heterocycles. The Hall–Kier alpha value is -2.75. The highest BCUT2D eigenvalue weighted by atomic mass is 19.4. The van der Waals surface area contributed by atoms with E-state index in [2.05, 4.69) is 21.2 Å². The van der Waals surface area contributed by atoms with Crippen LogP contribution in [0.1, 0.15) is 66.3 Å². The Morgan fingerprint density at radius 2 is 1.88 bits per heavy atom. The first-order valence-corrected chi connectivity index (χ1v) is 11.9. The average molecular weight is 473 g/mol. The lowest BCUT2D eigenvalue weighted by molar-refractivity contribution is -0.197. The molecule has 0 amide bonds. The van der Waals surface area contributed by atoms with Crippen molar-refractivity contribution in [3.05, 3.63) is 41.0 Å². The van der Waals surface area contributed by atoms with Gasteiger partial charge in [0.2, 0.25) is 5.95 Å². The minimum Gasteiger partial charge on any atom is -0.370 e. The van der Waals surface area contributed by atoms with Crippen molar-refractivity contribution >= 4 is 17.0 Å². The third-order valence-electron chi connectivity index (χ3n) is 7.40. The summed E-state index contributed by atoms with van der Waals surface area (Å²) in [6.07, 6.45) is 2.05. The first kappa shape index (κ1) is 21.8. The third kappa shape index (κ3) is 3.91. The van der Waals surface area contributed by atoms with Crippen molar-refractivity contribution in [3.63, 3.8) is 0 Å². The van der Waals surface area contributed by atoms with E-state index >= 15 is 0 Å². The fourth-order valence-corrected chi connectivity index (χ4v) is 4.91. The molecule has 3 aromatic heterocycles. The second-order valence-corrected chi connectivity index (χ2v) is 9.87. The summed E-state index contributed by atoms with van der Waals surface area (Å²) < 4.78 is 47.6. The quantitative estimate of drug-likeness (QED) is 0.543. The van der Waals surface area contributed by atoms with Crippen LogP contribution >= 0.6 is 0 Å². The number of hydrogen-bond donors (Lipinski definition) is 0. The van der Waals surface area contributed by atoms with E-state index in [-0.39, 0.29) is 24.9 Å². The van der Waals surface area contributed by atoms with Gasteiger partial charge in [-0.25, -0.2) is 9.97 Å². The van der Waals surface area contributed by atoms with Gasteiger partial charge in [-0.05, 0) is 51.2 Å². The van der Waals surface area contributed by atoms with Gasteiger partial charge in [-0.3, -0.25) is 4.68 Å². The second kappa shape index (κ2) is 7.90. The maximum absolute atomic E-state index is 13.2. The predicted octanol–water partition coefficient (Wildman–Crippen LogP) is 4.81. The number of pyridine rings is 1. The average Bonchev–Trinajstić information content (AvgIpc) is 3.49. The summed E-state index contributed by atoms with van der Waals surface area (Å²) in [4.78, 5) is 16.3. The number of alkyl halides is 3. The van der Waals surface area contributed by atoms with Gasteiger partial charge < -0.3 is 9.64 Å². The topological polar surface area (TPSA) is 69.0 Å². The molecule has 0 unspecified atom stereocenters. The SMILES string of the molecule is Cc1cc2c(C3CC(C(F)(F)F)C3)nc(N3CCO[C@H](c4cnn(C5CC5)c4)C3)nc2nc1C. The molecule has 34 heavy (non-hydrogen) atoms. The van der Waals surface area contributed by atoms with Gasteiger partial charge in [-0.1, -0.05) is 0 Å². The third-order valence-corrected chi connectivity index (χ3v) is 7.40. The van der Waals surface area contributed by atoms with Crippen LogP contribution in [0.3, 0.4) is 0 Å². The summed E-state index contributed by atoms with van der Waals surface area (Å²) >= 11 is 0. The van der Waals surface area contributed by atoms with Gasteiger partial charge in [0, 0.05) is 35.3 Å². The van der Waals surface area contributed by atoms with Crippen LogP contribution in [0.15, 0.2) is 18.5 Å². The van der Waals surface area contributed by atoms with Crippen molar-refractivity contribution in [2.24, 2.45) is 5.92 Å². The fraction of sp³-hybridized carbons (Fsp3) is 0.583. The molecular weight excluding hydrogens is 445 g/mol. The summed E-state index contributed by atoms with van der Waals surface area (Å²) in [5.74, 6) is -0.994. The molecule has 10 heteroatoms. The number of hydrogen-bond acceptors (Lipinski definition) is 6. The molecule has 1 saturated heterocycles. The van der Waals surface area contributed by atoms with E-state index in [0.29, 0.717) is 43.0 Å². The molecule has 0 aromatic carbocycles. The number of rotatable bonds is 4. The molecule has 2 saturated carbocycles. The summed E-state index contributed by atoms with van der Waals surface area (Å²) in [5.41, 5.74) is 4.09. The molecule has 2 aliphatic carbocycles. The molecule has 3 aromatic rings. The smallest absolute Gasteiger partial charge is 0.370 e. The van der Waals surface area contributed by atoms with Crippen LogP contribution in [-0.4, -0.2) is 50.6 Å². The van der Waals surface area contributed by atoms with E-state index in [9.17, 15) is 13.2 Å². The summed E-state index contributed by atoms with van der Waals surface area (Å²) in [6, 6.07) is 2.46.